The quantitative estimate of drug-likeness (QED) is 0.846. The number of benzene rings is 1. The summed E-state index contributed by atoms with van der Waals surface area (Å²) < 4.78 is 13.1. The average molecular weight is 258 g/mol. The van der Waals surface area contributed by atoms with E-state index in [1.165, 1.54) is 0 Å². The molecule has 4 heteroatoms. The highest BCUT2D eigenvalue weighted by Gasteiger charge is 2.14. The second kappa shape index (κ2) is 5.89. The summed E-state index contributed by atoms with van der Waals surface area (Å²) in [5.74, 6) is 1.52. The molecular formula is C15H18N2O2. The molecule has 4 nitrogen and oxygen atoms in total. The molecule has 0 N–H and O–H groups in total. The predicted molar refractivity (Wildman–Crippen MR) is 72.6 cm³/mol. The molecule has 1 aliphatic rings. The van der Waals surface area contributed by atoms with Crippen LogP contribution in [-0.4, -0.2) is 29.6 Å². The molecule has 1 aromatic carbocycles. The minimum Gasteiger partial charge on any atom is -0.493 e. The van der Waals surface area contributed by atoms with Gasteiger partial charge in [-0.3, -0.25) is 0 Å². The van der Waals surface area contributed by atoms with Gasteiger partial charge in [0.05, 0.1) is 12.3 Å². The molecule has 0 spiro atoms. The van der Waals surface area contributed by atoms with Crippen molar-refractivity contribution in [1.29, 1.82) is 0 Å². The Morgan fingerprint density at radius 3 is 2.95 bits per heavy atom. The Morgan fingerprint density at radius 2 is 2.16 bits per heavy atom. The van der Waals surface area contributed by atoms with E-state index in [-0.39, 0.29) is 0 Å². The van der Waals surface area contributed by atoms with Crippen LogP contribution in [0.15, 0.2) is 42.7 Å². The first kappa shape index (κ1) is 12.2. The van der Waals surface area contributed by atoms with E-state index in [0.717, 1.165) is 44.1 Å². The lowest BCUT2D eigenvalue weighted by Gasteiger charge is -2.22. The predicted octanol–water partition coefficient (Wildman–Crippen LogP) is 2.68. The number of ether oxygens (including phenoxy) is 2. The monoisotopic (exact) mass is 258 g/mol. The van der Waals surface area contributed by atoms with E-state index in [2.05, 4.69) is 5.10 Å². The molecule has 0 radical (unpaired) electrons. The Labute approximate surface area is 113 Å². The van der Waals surface area contributed by atoms with E-state index in [1.807, 2.05) is 41.2 Å². The Morgan fingerprint density at radius 1 is 1.26 bits per heavy atom. The van der Waals surface area contributed by atoms with E-state index < -0.39 is 0 Å². The molecule has 2 heterocycles. The fraction of sp³-hybridized carbons (Fsp3) is 0.400. The van der Waals surface area contributed by atoms with Crippen molar-refractivity contribution in [2.24, 2.45) is 5.92 Å². The zero-order chi connectivity index (χ0) is 12.9. The maximum atomic E-state index is 5.89. The molecule has 0 bridgehead atoms. The summed E-state index contributed by atoms with van der Waals surface area (Å²) >= 11 is 0. The van der Waals surface area contributed by atoms with Gasteiger partial charge in [-0.25, -0.2) is 4.68 Å². The van der Waals surface area contributed by atoms with Crippen molar-refractivity contribution in [2.45, 2.75) is 12.8 Å². The maximum absolute atomic E-state index is 5.89. The summed E-state index contributed by atoms with van der Waals surface area (Å²) in [5.41, 5.74) is 1.02. The average Bonchev–Trinajstić information content (AvgIpc) is 3.01. The van der Waals surface area contributed by atoms with Crippen LogP contribution in [0.25, 0.3) is 5.69 Å². The highest BCUT2D eigenvalue weighted by atomic mass is 16.5. The third kappa shape index (κ3) is 3.15. The van der Waals surface area contributed by atoms with Gasteiger partial charge < -0.3 is 9.47 Å². The first-order valence-corrected chi connectivity index (χ1v) is 6.72. The van der Waals surface area contributed by atoms with Gasteiger partial charge in [-0.1, -0.05) is 6.07 Å². The van der Waals surface area contributed by atoms with Crippen LogP contribution in [0.2, 0.25) is 0 Å². The topological polar surface area (TPSA) is 36.3 Å². The fourth-order valence-electron chi connectivity index (χ4n) is 2.26. The molecule has 2 aromatic rings. The number of nitrogens with zero attached hydrogens (tertiary/aromatic N) is 2. The van der Waals surface area contributed by atoms with Crippen LogP contribution in [-0.2, 0) is 4.74 Å². The van der Waals surface area contributed by atoms with E-state index in [4.69, 9.17) is 9.47 Å². The summed E-state index contributed by atoms with van der Waals surface area (Å²) in [4.78, 5) is 0. The molecule has 1 aromatic heterocycles. The largest absolute Gasteiger partial charge is 0.493 e. The van der Waals surface area contributed by atoms with Crippen molar-refractivity contribution in [3.05, 3.63) is 42.7 Å². The molecule has 1 aliphatic heterocycles. The lowest BCUT2D eigenvalue weighted by atomic mass is 10.0. The lowest BCUT2D eigenvalue weighted by molar-refractivity contribution is 0.0497. The van der Waals surface area contributed by atoms with Gasteiger partial charge in [0, 0.05) is 31.7 Å². The second-order valence-electron chi connectivity index (χ2n) is 4.81. The van der Waals surface area contributed by atoms with Gasteiger partial charge in [0.25, 0.3) is 0 Å². The van der Waals surface area contributed by atoms with Gasteiger partial charge in [-0.15, -0.1) is 0 Å². The normalized spacial score (nSPS) is 16.4. The molecule has 0 amide bonds. The Balaban J connectivity index is 1.63. The highest BCUT2D eigenvalue weighted by molar-refractivity contribution is 5.38. The SMILES string of the molecule is c1cc(OCC2CCOCC2)cc(-n2cccn2)c1. The summed E-state index contributed by atoms with van der Waals surface area (Å²) in [6.07, 6.45) is 5.89. The third-order valence-electron chi connectivity index (χ3n) is 3.41. The van der Waals surface area contributed by atoms with Crippen molar-refractivity contribution in [3.8, 4) is 11.4 Å². The molecule has 1 saturated heterocycles. The molecule has 0 aliphatic carbocycles. The maximum Gasteiger partial charge on any atom is 0.121 e. The summed E-state index contributed by atoms with van der Waals surface area (Å²) in [6, 6.07) is 9.94. The molecular weight excluding hydrogens is 240 g/mol. The van der Waals surface area contributed by atoms with Gasteiger partial charge in [0.1, 0.15) is 5.75 Å². The minimum atomic E-state index is 0.613. The van der Waals surface area contributed by atoms with Crippen molar-refractivity contribution in [3.63, 3.8) is 0 Å². The number of aromatic nitrogens is 2. The van der Waals surface area contributed by atoms with Gasteiger partial charge in [-0.2, -0.15) is 5.10 Å². The molecule has 0 saturated carbocycles. The lowest BCUT2D eigenvalue weighted by Crippen LogP contribution is -2.21. The summed E-state index contributed by atoms with van der Waals surface area (Å²) in [5, 5.41) is 4.22. The van der Waals surface area contributed by atoms with Gasteiger partial charge in [0.2, 0.25) is 0 Å². The Hall–Kier alpha value is -1.81. The van der Waals surface area contributed by atoms with Crippen LogP contribution in [0, 0.1) is 5.92 Å². The van der Waals surface area contributed by atoms with Crippen LogP contribution >= 0.6 is 0 Å². The standard InChI is InChI=1S/C15H18N2O2/c1-3-14(17-8-2-7-16-17)11-15(4-1)19-12-13-5-9-18-10-6-13/h1-4,7-8,11,13H,5-6,9-10,12H2. The molecule has 0 atom stereocenters. The number of hydrogen-bond donors (Lipinski definition) is 0. The highest BCUT2D eigenvalue weighted by Crippen LogP contribution is 2.20. The first-order chi connectivity index (χ1) is 9.42. The van der Waals surface area contributed by atoms with Crippen molar-refractivity contribution in [1.82, 2.24) is 9.78 Å². The molecule has 0 unspecified atom stereocenters. The number of hydrogen-bond acceptors (Lipinski definition) is 3. The third-order valence-corrected chi connectivity index (χ3v) is 3.41. The minimum absolute atomic E-state index is 0.613. The van der Waals surface area contributed by atoms with Gasteiger partial charge in [0.15, 0.2) is 0 Å². The van der Waals surface area contributed by atoms with Crippen molar-refractivity contribution in [2.75, 3.05) is 19.8 Å². The zero-order valence-corrected chi connectivity index (χ0v) is 10.9. The van der Waals surface area contributed by atoms with E-state index in [9.17, 15) is 0 Å². The van der Waals surface area contributed by atoms with Crippen molar-refractivity contribution >= 4 is 0 Å². The van der Waals surface area contributed by atoms with E-state index in [0.29, 0.717) is 5.92 Å². The Bertz CT molecular complexity index is 505. The van der Waals surface area contributed by atoms with E-state index >= 15 is 0 Å². The van der Waals surface area contributed by atoms with E-state index in [1.54, 1.807) is 6.20 Å². The number of rotatable bonds is 4. The van der Waals surface area contributed by atoms with Crippen LogP contribution in [0.5, 0.6) is 5.75 Å². The molecule has 3 rings (SSSR count). The molecule has 19 heavy (non-hydrogen) atoms. The van der Waals surface area contributed by atoms with Crippen LogP contribution < -0.4 is 4.74 Å². The first-order valence-electron chi connectivity index (χ1n) is 6.72. The second-order valence-corrected chi connectivity index (χ2v) is 4.81. The molecule has 1 fully saturated rings. The smallest absolute Gasteiger partial charge is 0.121 e. The Kier molecular flexibility index (Phi) is 3.79. The fourth-order valence-corrected chi connectivity index (χ4v) is 2.26. The summed E-state index contributed by atoms with van der Waals surface area (Å²) in [7, 11) is 0. The van der Waals surface area contributed by atoms with Gasteiger partial charge in [-0.05, 0) is 37.0 Å². The zero-order valence-electron chi connectivity index (χ0n) is 10.9. The van der Waals surface area contributed by atoms with Crippen LogP contribution in [0.3, 0.4) is 0 Å². The summed E-state index contributed by atoms with van der Waals surface area (Å²) in [6.45, 7) is 2.49. The van der Waals surface area contributed by atoms with Crippen LogP contribution in [0.1, 0.15) is 12.8 Å². The molecule has 100 valence electrons. The van der Waals surface area contributed by atoms with Crippen LogP contribution in [0.4, 0.5) is 0 Å². The van der Waals surface area contributed by atoms with Crippen molar-refractivity contribution < 1.29 is 9.47 Å². The van der Waals surface area contributed by atoms with Gasteiger partial charge >= 0.3 is 0 Å².